The number of aromatic amines is 1. The zero-order valence-electron chi connectivity index (χ0n) is 17.7. The molecule has 32 heavy (non-hydrogen) atoms. The van der Waals surface area contributed by atoms with E-state index in [9.17, 15) is 19.2 Å². The fourth-order valence-corrected chi connectivity index (χ4v) is 3.86. The highest BCUT2D eigenvalue weighted by Gasteiger charge is 2.30. The largest absolute Gasteiger partial charge is 0.462 e. The van der Waals surface area contributed by atoms with E-state index >= 15 is 0 Å². The second-order valence-electron chi connectivity index (χ2n) is 7.43. The van der Waals surface area contributed by atoms with E-state index < -0.39 is 17.7 Å². The Kier molecular flexibility index (Phi) is 6.02. The third kappa shape index (κ3) is 3.99. The molecule has 0 atom stereocenters. The minimum Gasteiger partial charge on any atom is -0.462 e. The molecule has 3 aromatic rings. The number of hydrogen-bond acceptors (Lipinski definition) is 5. The van der Waals surface area contributed by atoms with Gasteiger partial charge in [0.15, 0.2) is 0 Å². The van der Waals surface area contributed by atoms with Crippen LogP contribution in [0.15, 0.2) is 54.7 Å². The molecule has 164 valence electrons. The monoisotopic (exact) mass is 433 g/mol. The molecule has 1 aliphatic heterocycles. The Morgan fingerprint density at radius 2 is 1.56 bits per heavy atom. The number of amides is 2. The summed E-state index contributed by atoms with van der Waals surface area (Å²) in [5.41, 5.74) is 1.57. The van der Waals surface area contributed by atoms with Gasteiger partial charge in [0.1, 0.15) is 0 Å². The summed E-state index contributed by atoms with van der Waals surface area (Å²) in [6, 6.07) is 13.9. The molecule has 4 rings (SSSR count). The molecule has 2 heterocycles. The molecule has 8 nitrogen and oxygen atoms in total. The standard InChI is InChI=1S/C24H23N3O5/c1-2-32-24(31)18-10-6-9-17-19(15-25-20(17)18)21(28)23(30)27-13-11-26(12-14-27)22(29)16-7-4-3-5-8-16/h3-10,15,25H,2,11-14H2,1H3. The third-order valence-corrected chi connectivity index (χ3v) is 5.52. The molecule has 1 aliphatic rings. The number of nitrogens with zero attached hydrogens (tertiary/aromatic N) is 2. The lowest BCUT2D eigenvalue weighted by atomic mass is 10.1. The van der Waals surface area contributed by atoms with Crippen molar-refractivity contribution >= 4 is 34.5 Å². The van der Waals surface area contributed by atoms with Gasteiger partial charge >= 0.3 is 5.97 Å². The maximum absolute atomic E-state index is 13.0. The molecule has 2 amide bonds. The van der Waals surface area contributed by atoms with Gasteiger partial charge in [0, 0.05) is 43.3 Å². The lowest BCUT2D eigenvalue weighted by Crippen LogP contribution is -2.52. The lowest BCUT2D eigenvalue weighted by Gasteiger charge is -2.34. The van der Waals surface area contributed by atoms with Crippen molar-refractivity contribution < 1.29 is 23.9 Å². The summed E-state index contributed by atoms with van der Waals surface area (Å²) < 4.78 is 5.06. The third-order valence-electron chi connectivity index (χ3n) is 5.52. The number of Topliss-reactive ketones (excluding diaryl/α,β-unsaturated/α-hetero) is 1. The molecular formula is C24H23N3O5. The Labute approximate surface area is 184 Å². The number of benzene rings is 2. The molecule has 8 heteroatoms. The molecule has 0 radical (unpaired) electrons. The number of H-pyrrole nitrogens is 1. The number of ketones is 1. The zero-order chi connectivity index (χ0) is 22.7. The molecule has 1 aromatic heterocycles. The summed E-state index contributed by atoms with van der Waals surface area (Å²) in [6.07, 6.45) is 1.45. The van der Waals surface area contributed by atoms with E-state index in [0.29, 0.717) is 35.1 Å². The highest BCUT2D eigenvalue weighted by molar-refractivity contribution is 6.45. The van der Waals surface area contributed by atoms with Crippen LogP contribution in [0.2, 0.25) is 0 Å². The highest BCUT2D eigenvalue weighted by Crippen LogP contribution is 2.24. The van der Waals surface area contributed by atoms with Crippen LogP contribution in [0.1, 0.15) is 38.0 Å². The number of aromatic nitrogens is 1. The van der Waals surface area contributed by atoms with Crippen LogP contribution < -0.4 is 0 Å². The molecule has 1 saturated heterocycles. The van der Waals surface area contributed by atoms with Crippen molar-refractivity contribution in [3.05, 3.63) is 71.4 Å². The van der Waals surface area contributed by atoms with Gasteiger partial charge in [-0.25, -0.2) is 4.79 Å². The Morgan fingerprint density at radius 1 is 0.875 bits per heavy atom. The fraction of sp³-hybridized carbons (Fsp3) is 0.250. The van der Waals surface area contributed by atoms with Gasteiger partial charge in [-0.2, -0.15) is 0 Å². The smallest absolute Gasteiger partial charge is 0.340 e. The molecule has 0 aliphatic carbocycles. The van der Waals surface area contributed by atoms with Gasteiger partial charge in [0.05, 0.1) is 23.3 Å². The van der Waals surface area contributed by atoms with Crippen molar-refractivity contribution in [2.24, 2.45) is 0 Å². The maximum atomic E-state index is 13.0. The van der Waals surface area contributed by atoms with Crippen LogP contribution in [-0.2, 0) is 9.53 Å². The predicted molar refractivity (Wildman–Crippen MR) is 118 cm³/mol. The average molecular weight is 433 g/mol. The second kappa shape index (κ2) is 9.05. The van der Waals surface area contributed by atoms with E-state index in [2.05, 4.69) is 4.98 Å². The minimum atomic E-state index is -0.653. The number of piperazine rings is 1. The predicted octanol–water partition coefficient (Wildman–Crippen LogP) is 2.51. The van der Waals surface area contributed by atoms with Crippen molar-refractivity contribution in [1.29, 1.82) is 0 Å². The molecular weight excluding hydrogens is 410 g/mol. The van der Waals surface area contributed by atoms with Gasteiger partial charge in [0.2, 0.25) is 0 Å². The molecule has 1 N–H and O–H groups in total. The fourth-order valence-electron chi connectivity index (χ4n) is 3.86. The molecule has 0 bridgehead atoms. The van der Waals surface area contributed by atoms with Crippen LogP contribution in [0.3, 0.4) is 0 Å². The van der Waals surface area contributed by atoms with Crippen molar-refractivity contribution in [2.75, 3.05) is 32.8 Å². The van der Waals surface area contributed by atoms with E-state index in [1.54, 1.807) is 54.3 Å². The number of rotatable bonds is 5. The van der Waals surface area contributed by atoms with Crippen molar-refractivity contribution in [2.45, 2.75) is 6.92 Å². The SMILES string of the molecule is CCOC(=O)c1cccc2c(C(=O)C(=O)N3CCN(C(=O)c4ccccc4)CC3)c[nH]c12. The summed E-state index contributed by atoms with van der Waals surface area (Å²) in [7, 11) is 0. The summed E-state index contributed by atoms with van der Waals surface area (Å²) in [4.78, 5) is 56.7. The van der Waals surface area contributed by atoms with E-state index in [-0.39, 0.29) is 31.2 Å². The van der Waals surface area contributed by atoms with Crippen molar-refractivity contribution in [3.8, 4) is 0 Å². The van der Waals surface area contributed by atoms with E-state index in [1.807, 2.05) is 6.07 Å². The molecule has 0 unspecified atom stereocenters. The number of para-hydroxylation sites is 1. The normalized spacial score (nSPS) is 13.8. The first kappa shape index (κ1) is 21.3. The summed E-state index contributed by atoms with van der Waals surface area (Å²) in [5.74, 6) is -1.86. The van der Waals surface area contributed by atoms with Crippen LogP contribution in [-0.4, -0.2) is 71.1 Å². The van der Waals surface area contributed by atoms with Gasteiger partial charge in [-0.3, -0.25) is 14.4 Å². The van der Waals surface area contributed by atoms with Crippen LogP contribution in [0, 0.1) is 0 Å². The van der Waals surface area contributed by atoms with Crippen LogP contribution in [0.25, 0.3) is 10.9 Å². The van der Waals surface area contributed by atoms with Crippen LogP contribution in [0.4, 0.5) is 0 Å². The Morgan fingerprint density at radius 3 is 2.25 bits per heavy atom. The average Bonchev–Trinajstić information content (AvgIpc) is 3.27. The first-order valence-corrected chi connectivity index (χ1v) is 10.5. The van der Waals surface area contributed by atoms with E-state index in [1.165, 1.54) is 11.1 Å². The van der Waals surface area contributed by atoms with E-state index in [0.717, 1.165) is 0 Å². The summed E-state index contributed by atoms with van der Waals surface area (Å²) in [6.45, 7) is 3.22. The number of hydrogen-bond donors (Lipinski definition) is 1. The maximum Gasteiger partial charge on any atom is 0.340 e. The van der Waals surface area contributed by atoms with Crippen molar-refractivity contribution in [1.82, 2.24) is 14.8 Å². The number of carbonyl (C=O) groups excluding carboxylic acids is 4. The number of nitrogens with one attached hydrogen (secondary N) is 1. The first-order valence-electron chi connectivity index (χ1n) is 10.5. The zero-order valence-corrected chi connectivity index (χ0v) is 17.7. The lowest BCUT2D eigenvalue weighted by molar-refractivity contribution is -0.127. The van der Waals surface area contributed by atoms with Gasteiger partial charge in [-0.1, -0.05) is 30.3 Å². The molecule has 0 saturated carbocycles. The topological polar surface area (TPSA) is 99.8 Å². The number of fused-ring (bicyclic) bond motifs is 1. The van der Waals surface area contributed by atoms with E-state index in [4.69, 9.17) is 4.74 Å². The molecule has 0 spiro atoms. The number of esters is 1. The van der Waals surface area contributed by atoms with Crippen LogP contribution >= 0.6 is 0 Å². The summed E-state index contributed by atoms with van der Waals surface area (Å²) in [5, 5.41) is 0.492. The summed E-state index contributed by atoms with van der Waals surface area (Å²) >= 11 is 0. The first-order chi connectivity index (χ1) is 15.5. The quantitative estimate of drug-likeness (QED) is 0.379. The van der Waals surface area contributed by atoms with Gasteiger partial charge < -0.3 is 19.5 Å². The van der Waals surface area contributed by atoms with Crippen molar-refractivity contribution in [3.63, 3.8) is 0 Å². The second-order valence-corrected chi connectivity index (χ2v) is 7.43. The van der Waals surface area contributed by atoms with Gasteiger partial charge in [0.25, 0.3) is 17.6 Å². The minimum absolute atomic E-state index is 0.0906. The molecule has 2 aromatic carbocycles. The Balaban J connectivity index is 1.46. The van der Waals surface area contributed by atoms with Crippen LogP contribution in [0.5, 0.6) is 0 Å². The Hall–Kier alpha value is -3.94. The highest BCUT2D eigenvalue weighted by atomic mass is 16.5. The Bertz CT molecular complexity index is 1180. The molecule has 1 fully saturated rings. The number of ether oxygens (including phenoxy) is 1. The van der Waals surface area contributed by atoms with Gasteiger partial charge in [-0.15, -0.1) is 0 Å². The number of carbonyl (C=O) groups is 4. The van der Waals surface area contributed by atoms with Gasteiger partial charge in [-0.05, 0) is 25.1 Å².